The molecule has 64 valence electrons. The maximum Gasteiger partial charge on any atom is -0.0273 e. The summed E-state index contributed by atoms with van der Waals surface area (Å²) in [6.07, 6.45) is 10.1. The van der Waals surface area contributed by atoms with Gasteiger partial charge in [-0.3, -0.25) is 0 Å². The van der Waals surface area contributed by atoms with Crippen molar-refractivity contribution in [1.29, 1.82) is 0 Å². The molecule has 0 amide bonds. The van der Waals surface area contributed by atoms with Gasteiger partial charge < -0.3 is 0 Å². The van der Waals surface area contributed by atoms with Crippen LogP contribution in [0, 0.1) is 0 Å². The molecule has 0 unspecified atom stereocenters. The zero-order valence-electron chi connectivity index (χ0n) is 7.77. The number of hydrogen-bond donors (Lipinski definition) is 0. The van der Waals surface area contributed by atoms with Crippen LogP contribution in [0.5, 0.6) is 0 Å². The van der Waals surface area contributed by atoms with Gasteiger partial charge in [0, 0.05) is 0 Å². The topological polar surface area (TPSA) is 0 Å². The first-order valence-corrected chi connectivity index (χ1v) is 4.42. The van der Waals surface area contributed by atoms with E-state index in [-0.39, 0.29) is 0 Å². The van der Waals surface area contributed by atoms with Gasteiger partial charge in [0.05, 0.1) is 0 Å². The Hall–Kier alpha value is -1.04. The van der Waals surface area contributed by atoms with E-state index in [0.717, 1.165) is 11.1 Å². The van der Waals surface area contributed by atoms with Crippen molar-refractivity contribution in [3.63, 3.8) is 0 Å². The first-order valence-electron chi connectivity index (χ1n) is 4.42. The Balaban J connectivity index is 2.53. The Kier molecular flexibility index (Phi) is 3.09. The van der Waals surface area contributed by atoms with E-state index in [1.165, 1.54) is 24.8 Å². The minimum absolute atomic E-state index is 1.08. The Bertz CT molecular complexity index is 251. The van der Waals surface area contributed by atoms with Crippen LogP contribution in [-0.2, 0) is 0 Å². The van der Waals surface area contributed by atoms with Gasteiger partial charge in [0.15, 0.2) is 0 Å². The maximum absolute atomic E-state index is 4.01. The second-order valence-electron chi connectivity index (χ2n) is 3.33. The molecule has 0 bridgehead atoms. The Morgan fingerprint density at radius 2 is 2.17 bits per heavy atom. The van der Waals surface area contributed by atoms with E-state index in [9.17, 15) is 0 Å². The lowest BCUT2D eigenvalue weighted by atomic mass is 10.1. The normalized spacial score (nSPS) is 16.6. The van der Waals surface area contributed by atoms with E-state index in [1.807, 2.05) is 13.0 Å². The summed E-state index contributed by atoms with van der Waals surface area (Å²) in [5, 5.41) is 0. The van der Waals surface area contributed by atoms with E-state index >= 15 is 0 Å². The summed E-state index contributed by atoms with van der Waals surface area (Å²) in [7, 11) is 0. The highest BCUT2D eigenvalue weighted by Crippen LogP contribution is 2.24. The van der Waals surface area contributed by atoms with Crippen molar-refractivity contribution in [3.05, 3.63) is 48.1 Å². The third kappa shape index (κ3) is 2.54. The Morgan fingerprint density at radius 3 is 2.67 bits per heavy atom. The molecule has 0 atom stereocenters. The van der Waals surface area contributed by atoms with Gasteiger partial charge >= 0.3 is 0 Å². The van der Waals surface area contributed by atoms with Crippen LogP contribution in [0.2, 0.25) is 0 Å². The summed E-state index contributed by atoms with van der Waals surface area (Å²) in [4.78, 5) is 0. The third-order valence-electron chi connectivity index (χ3n) is 2.02. The molecule has 1 aliphatic rings. The molecule has 0 saturated carbocycles. The molecule has 0 saturated heterocycles. The molecule has 0 fully saturated rings. The minimum atomic E-state index is 1.08. The first kappa shape index (κ1) is 9.05. The summed E-state index contributed by atoms with van der Waals surface area (Å²) in [5.74, 6) is 0. The number of hydrogen-bond acceptors (Lipinski definition) is 0. The molecule has 0 aromatic rings. The van der Waals surface area contributed by atoms with Crippen LogP contribution in [0.4, 0.5) is 0 Å². The average Bonchev–Trinajstić information content (AvgIpc) is 2.51. The van der Waals surface area contributed by atoms with Crippen LogP contribution >= 0.6 is 0 Å². The predicted molar refractivity (Wildman–Crippen MR) is 55.0 cm³/mol. The molecule has 1 aliphatic carbocycles. The second-order valence-corrected chi connectivity index (χ2v) is 3.33. The van der Waals surface area contributed by atoms with Crippen molar-refractivity contribution in [2.45, 2.75) is 26.2 Å². The fourth-order valence-corrected chi connectivity index (χ4v) is 1.31. The highest BCUT2D eigenvalue weighted by atomic mass is 14.1. The summed E-state index contributed by atoms with van der Waals surface area (Å²) in [6.45, 7) is 9.81. The van der Waals surface area contributed by atoms with E-state index in [2.05, 4.69) is 25.3 Å². The third-order valence-corrected chi connectivity index (χ3v) is 2.02. The van der Waals surface area contributed by atoms with E-state index in [4.69, 9.17) is 0 Å². The van der Waals surface area contributed by atoms with E-state index in [0.29, 0.717) is 0 Å². The number of allylic oxidation sites excluding steroid dienone is 6. The molecule has 12 heavy (non-hydrogen) atoms. The molecule has 0 aromatic carbocycles. The first-order chi connectivity index (χ1) is 5.70. The number of rotatable bonds is 3. The van der Waals surface area contributed by atoms with Crippen molar-refractivity contribution in [1.82, 2.24) is 0 Å². The van der Waals surface area contributed by atoms with Gasteiger partial charge in [-0.05, 0) is 37.3 Å². The highest BCUT2D eigenvalue weighted by Gasteiger charge is 2.04. The molecular formula is C12H16. The van der Waals surface area contributed by atoms with E-state index < -0.39 is 0 Å². The van der Waals surface area contributed by atoms with Gasteiger partial charge in [0.2, 0.25) is 0 Å². The Labute approximate surface area is 75.0 Å². The van der Waals surface area contributed by atoms with Gasteiger partial charge in [-0.1, -0.05) is 37.0 Å². The molecule has 0 aliphatic heterocycles. The van der Waals surface area contributed by atoms with Gasteiger partial charge in [0.25, 0.3) is 0 Å². The van der Waals surface area contributed by atoms with Crippen LogP contribution in [-0.4, -0.2) is 0 Å². The molecule has 0 N–H and O–H groups in total. The van der Waals surface area contributed by atoms with Crippen LogP contribution in [0.1, 0.15) is 26.2 Å². The Morgan fingerprint density at radius 1 is 1.42 bits per heavy atom. The van der Waals surface area contributed by atoms with Crippen molar-refractivity contribution in [2.75, 3.05) is 0 Å². The largest absolute Gasteiger partial charge is 0.0961 e. The van der Waals surface area contributed by atoms with E-state index in [1.54, 1.807) is 0 Å². The lowest BCUT2D eigenvalue weighted by Crippen LogP contribution is -1.79. The van der Waals surface area contributed by atoms with Gasteiger partial charge in [0.1, 0.15) is 0 Å². The van der Waals surface area contributed by atoms with Gasteiger partial charge in [-0.15, -0.1) is 0 Å². The molecule has 0 nitrogen and oxygen atoms in total. The fraction of sp³-hybridized carbons (Fsp3) is 0.333. The average molecular weight is 160 g/mol. The molecule has 0 aromatic heterocycles. The van der Waals surface area contributed by atoms with Crippen LogP contribution in [0.3, 0.4) is 0 Å². The zero-order valence-corrected chi connectivity index (χ0v) is 7.77. The summed E-state index contributed by atoms with van der Waals surface area (Å²) in [6, 6.07) is 0. The fourth-order valence-electron chi connectivity index (χ4n) is 1.31. The lowest BCUT2D eigenvalue weighted by molar-refractivity contribution is 0.913. The zero-order chi connectivity index (χ0) is 8.97. The molecule has 0 radical (unpaired) electrons. The predicted octanol–water partition coefficient (Wildman–Crippen LogP) is 3.79. The monoisotopic (exact) mass is 160 g/mol. The van der Waals surface area contributed by atoms with Crippen LogP contribution < -0.4 is 0 Å². The van der Waals surface area contributed by atoms with Crippen molar-refractivity contribution >= 4 is 0 Å². The summed E-state index contributed by atoms with van der Waals surface area (Å²) in [5.41, 5.74) is 3.64. The second kappa shape index (κ2) is 4.10. The molecule has 0 heterocycles. The smallest absolute Gasteiger partial charge is 0.0273 e. The molecular weight excluding hydrogens is 144 g/mol. The maximum atomic E-state index is 4.01. The van der Waals surface area contributed by atoms with Gasteiger partial charge in [-0.2, -0.15) is 0 Å². The van der Waals surface area contributed by atoms with Crippen LogP contribution in [0.25, 0.3) is 0 Å². The minimum Gasteiger partial charge on any atom is -0.0961 e. The van der Waals surface area contributed by atoms with Crippen molar-refractivity contribution in [3.8, 4) is 0 Å². The molecule has 0 spiro atoms. The summed E-state index contributed by atoms with van der Waals surface area (Å²) >= 11 is 0. The van der Waals surface area contributed by atoms with Gasteiger partial charge in [-0.25, -0.2) is 0 Å². The SMILES string of the molecule is C=C(C)/C=C\C(=C)C1=CCCC1. The van der Waals surface area contributed by atoms with Crippen molar-refractivity contribution in [2.24, 2.45) is 0 Å². The summed E-state index contributed by atoms with van der Waals surface area (Å²) < 4.78 is 0. The highest BCUT2D eigenvalue weighted by molar-refractivity contribution is 5.40. The quantitative estimate of drug-likeness (QED) is 0.551. The lowest BCUT2D eigenvalue weighted by Gasteiger charge is -1.99. The standard InChI is InChI=1S/C12H16/c1-10(2)8-9-11(3)12-6-4-5-7-12/h6,8-9H,1,3-5,7H2,2H3/b9-8-. The molecule has 0 heteroatoms. The van der Waals surface area contributed by atoms with Crippen LogP contribution in [0.15, 0.2) is 48.1 Å². The molecule has 1 rings (SSSR count). The van der Waals surface area contributed by atoms with Crippen molar-refractivity contribution < 1.29 is 0 Å².